The Morgan fingerprint density at radius 2 is 2.00 bits per heavy atom. The maximum Gasteiger partial charge on any atom is 0.283 e. The van der Waals surface area contributed by atoms with Crippen molar-refractivity contribution in [2.24, 2.45) is 0 Å². The van der Waals surface area contributed by atoms with Crippen molar-refractivity contribution in [3.63, 3.8) is 0 Å². The maximum absolute atomic E-state index is 11.0. The van der Waals surface area contributed by atoms with Gasteiger partial charge in [-0.15, -0.1) is 0 Å². The van der Waals surface area contributed by atoms with Gasteiger partial charge in [0.25, 0.3) is 5.69 Å². The van der Waals surface area contributed by atoms with Crippen molar-refractivity contribution in [2.75, 3.05) is 0 Å². The monoisotopic (exact) mass is 353 g/mol. The molecule has 104 valence electrons. The van der Waals surface area contributed by atoms with E-state index >= 15 is 0 Å². The van der Waals surface area contributed by atoms with E-state index in [1.807, 2.05) is 18.2 Å². The molecule has 0 amide bonds. The van der Waals surface area contributed by atoms with Crippen LogP contribution in [-0.4, -0.2) is 10.0 Å². The highest BCUT2D eigenvalue weighted by molar-refractivity contribution is 9.10. The molecule has 0 bridgehead atoms. The van der Waals surface area contributed by atoms with Gasteiger partial charge in [0.05, 0.1) is 15.9 Å². The fraction of sp³-hybridized carbons (Fsp3) is 0.143. The van der Waals surface area contributed by atoms with Crippen LogP contribution in [0.2, 0.25) is 0 Å². The van der Waals surface area contributed by atoms with Gasteiger partial charge in [0, 0.05) is 15.4 Å². The number of nitrogens with zero attached hydrogens (tertiary/aromatic N) is 1. The summed E-state index contributed by atoms with van der Waals surface area (Å²) in [4.78, 5) is 12.0. The first-order valence-electron chi connectivity index (χ1n) is 5.88. The highest BCUT2D eigenvalue weighted by atomic mass is 79.9. The van der Waals surface area contributed by atoms with E-state index in [9.17, 15) is 15.2 Å². The first kappa shape index (κ1) is 15.0. The highest BCUT2D eigenvalue weighted by Gasteiger charge is 2.14. The summed E-state index contributed by atoms with van der Waals surface area (Å²) in [5.74, 6) is 0. The molecule has 0 aliphatic rings. The van der Waals surface area contributed by atoms with Crippen LogP contribution in [0, 0.1) is 10.1 Å². The highest BCUT2D eigenvalue weighted by Crippen LogP contribution is 2.36. The zero-order valence-corrected chi connectivity index (χ0v) is 13.0. The number of benzene rings is 2. The summed E-state index contributed by atoms with van der Waals surface area (Å²) in [5, 5.41) is 20.5. The van der Waals surface area contributed by atoms with Gasteiger partial charge in [0.15, 0.2) is 0 Å². The summed E-state index contributed by atoms with van der Waals surface area (Å²) in [5.41, 5.74) is 0.880. The van der Waals surface area contributed by atoms with Crippen LogP contribution in [-0.2, 0) is 0 Å². The lowest BCUT2D eigenvalue weighted by Crippen LogP contribution is -1.93. The second-order valence-electron chi connectivity index (χ2n) is 4.19. The predicted octanol–water partition coefficient (Wildman–Crippen LogP) is 4.56. The Morgan fingerprint density at radius 1 is 1.30 bits per heavy atom. The van der Waals surface area contributed by atoms with Gasteiger partial charge in [-0.05, 0) is 30.7 Å². The normalized spacial score (nSPS) is 12.2. The van der Waals surface area contributed by atoms with E-state index in [0.717, 1.165) is 14.9 Å². The molecule has 0 spiro atoms. The molecule has 1 N–H and O–H groups in total. The Hall–Kier alpha value is -1.37. The van der Waals surface area contributed by atoms with Crippen LogP contribution < -0.4 is 0 Å². The lowest BCUT2D eigenvalue weighted by atomic mass is 10.1. The van der Waals surface area contributed by atoms with Gasteiger partial charge in [-0.2, -0.15) is 0 Å². The average molecular weight is 354 g/mol. The number of nitro groups is 1. The van der Waals surface area contributed by atoms with Crippen LogP contribution >= 0.6 is 27.7 Å². The van der Waals surface area contributed by atoms with Crippen molar-refractivity contribution in [1.82, 2.24) is 0 Å². The summed E-state index contributed by atoms with van der Waals surface area (Å²) in [6, 6.07) is 12.1. The van der Waals surface area contributed by atoms with Crippen LogP contribution in [0.4, 0.5) is 5.69 Å². The molecule has 0 aliphatic heterocycles. The molecule has 20 heavy (non-hydrogen) atoms. The molecular weight excluding hydrogens is 342 g/mol. The molecule has 2 aromatic carbocycles. The number of aliphatic hydroxyl groups excluding tert-OH is 1. The standard InChI is InChI=1S/C14H12BrNO3S/c1-9(17)11-7-6-10(8-12(11)15)20-14-5-3-2-4-13(14)16(18)19/h2-9,17H,1H3/t9-/m0/s1. The van der Waals surface area contributed by atoms with E-state index in [-0.39, 0.29) is 10.6 Å². The van der Waals surface area contributed by atoms with Crippen LogP contribution in [0.3, 0.4) is 0 Å². The molecule has 0 saturated heterocycles. The van der Waals surface area contributed by atoms with E-state index in [2.05, 4.69) is 15.9 Å². The summed E-state index contributed by atoms with van der Waals surface area (Å²) in [6.07, 6.45) is -0.561. The van der Waals surface area contributed by atoms with Gasteiger partial charge >= 0.3 is 0 Å². The number of rotatable bonds is 4. The summed E-state index contributed by atoms with van der Waals surface area (Å²) in [6.45, 7) is 1.69. The van der Waals surface area contributed by atoms with E-state index in [1.165, 1.54) is 17.8 Å². The largest absolute Gasteiger partial charge is 0.389 e. The predicted molar refractivity (Wildman–Crippen MR) is 82.0 cm³/mol. The van der Waals surface area contributed by atoms with Crippen molar-refractivity contribution in [3.05, 3.63) is 62.6 Å². The van der Waals surface area contributed by atoms with Crippen LogP contribution in [0.1, 0.15) is 18.6 Å². The molecule has 0 unspecified atom stereocenters. The van der Waals surface area contributed by atoms with Gasteiger partial charge in [0.2, 0.25) is 0 Å². The van der Waals surface area contributed by atoms with Crippen molar-refractivity contribution in [1.29, 1.82) is 0 Å². The smallest absolute Gasteiger partial charge is 0.283 e. The molecule has 0 aliphatic carbocycles. The molecule has 2 rings (SSSR count). The second kappa shape index (κ2) is 6.39. The van der Waals surface area contributed by atoms with Gasteiger partial charge in [0.1, 0.15) is 0 Å². The number of hydrogen-bond acceptors (Lipinski definition) is 4. The van der Waals surface area contributed by atoms with Gasteiger partial charge in [-0.1, -0.05) is 45.9 Å². The molecule has 0 aromatic heterocycles. The van der Waals surface area contributed by atoms with Crippen LogP contribution in [0.15, 0.2) is 56.7 Å². The number of nitro benzene ring substituents is 1. The van der Waals surface area contributed by atoms with Crippen molar-refractivity contribution >= 4 is 33.4 Å². The number of para-hydroxylation sites is 1. The van der Waals surface area contributed by atoms with Gasteiger partial charge in [-0.25, -0.2) is 0 Å². The quantitative estimate of drug-likeness (QED) is 0.646. The molecule has 0 fully saturated rings. The molecule has 1 atom stereocenters. The summed E-state index contributed by atoms with van der Waals surface area (Å²) in [7, 11) is 0. The average Bonchev–Trinajstić information content (AvgIpc) is 2.38. The molecule has 0 heterocycles. The lowest BCUT2D eigenvalue weighted by Gasteiger charge is -2.09. The first-order chi connectivity index (χ1) is 9.49. The third-order valence-electron chi connectivity index (χ3n) is 2.71. The zero-order valence-electron chi connectivity index (χ0n) is 10.6. The van der Waals surface area contributed by atoms with E-state index in [0.29, 0.717) is 4.90 Å². The Bertz CT molecular complexity index is 646. The maximum atomic E-state index is 11.0. The Balaban J connectivity index is 2.31. The Morgan fingerprint density at radius 3 is 2.60 bits per heavy atom. The van der Waals surface area contributed by atoms with Crippen LogP contribution in [0.25, 0.3) is 0 Å². The lowest BCUT2D eigenvalue weighted by molar-refractivity contribution is -0.387. The Kier molecular flexibility index (Phi) is 4.80. The van der Waals surface area contributed by atoms with Crippen molar-refractivity contribution < 1.29 is 10.0 Å². The topological polar surface area (TPSA) is 63.4 Å². The minimum Gasteiger partial charge on any atom is -0.389 e. The fourth-order valence-corrected chi connectivity index (χ4v) is 3.55. The van der Waals surface area contributed by atoms with E-state index in [1.54, 1.807) is 25.1 Å². The summed E-state index contributed by atoms with van der Waals surface area (Å²) >= 11 is 4.73. The van der Waals surface area contributed by atoms with Crippen molar-refractivity contribution in [2.45, 2.75) is 22.8 Å². The molecule has 0 radical (unpaired) electrons. The molecule has 2 aromatic rings. The number of hydrogen-bond donors (Lipinski definition) is 1. The second-order valence-corrected chi connectivity index (χ2v) is 6.16. The minimum atomic E-state index is -0.561. The van der Waals surface area contributed by atoms with E-state index in [4.69, 9.17) is 0 Å². The molecule has 6 heteroatoms. The molecule has 0 saturated carbocycles. The fourth-order valence-electron chi connectivity index (χ4n) is 1.73. The SMILES string of the molecule is C[C@H](O)c1ccc(Sc2ccccc2[N+](=O)[O-])cc1Br. The summed E-state index contributed by atoms with van der Waals surface area (Å²) < 4.78 is 0.788. The number of halogens is 1. The Labute approximate surface area is 129 Å². The molecular formula is C14H12BrNO3S. The van der Waals surface area contributed by atoms with E-state index < -0.39 is 6.10 Å². The van der Waals surface area contributed by atoms with Crippen molar-refractivity contribution in [3.8, 4) is 0 Å². The van der Waals surface area contributed by atoms with Gasteiger partial charge < -0.3 is 5.11 Å². The number of aliphatic hydroxyl groups is 1. The van der Waals surface area contributed by atoms with Crippen LogP contribution in [0.5, 0.6) is 0 Å². The molecule has 4 nitrogen and oxygen atoms in total. The van der Waals surface area contributed by atoms with Gasteiger partial charge in [-0.3, -0.25) is 10.1 Å². The third kappa shape index (κ3) is 3.39. The third-order valence-corrected chi connectivity index (χ3v) is 4.45. The minimum absolute atomic E-state index is 0.0909. The zero-order chi connectivity index (χ0) is 14.7. The first-order valence-corrected chi connectivity index (χ1v) is 7.49.